The van der Waals surface area contributed by atoms with E-state index in [9.17, 15) is 4.79 Å². The third-order valence-electron chi connectivity index (χ3n) is 3.61. The number of rotatable bonds is 10. The van der Waals surface area contributed by atoms with Gasteiger partial charge in [0.15, 0.2) is 0 Å². The molecule has 0 aromatic heterocycles. The molecule has 0 saturated heterocycles. The molecule has 0 aliphatic carbocycles. The van der Waals surface area contributed by atoms with E-state index in [2.05, 4.69) is 53.6 Å². The zero-order chi connectivity index (χ0) is 15.5. The van der Waals surface area contributed by atoms with Crippen LogP contribution in [0.4, 0.5) is 0 Å². The van der Waals surface area contributed by atoms with Crippen LogP contribution in [0.1, 0.15) is 37.8 Å². The number of amides is 1. The first-order valence-electron chi connectivity index (χ1n) is 7.91. The van der Waals surface area contributed by atoms with Crippen molar-refractivity contribution in [3.05, 3.63) is 35.4 Å². The maximum absolute atomic E-state index is 11.7. The molecular formula is C17H31Cl2N3O. The van der Waals surface area contributed by atoms with Crippen molar-refractivity contribution in [2.45, 2.75) is 39.8 Å². The van der Waals surface area contributed by atoms with Gasteiger partial charge in [-0.1, -0.05) is 38.1 Å². The van der Waals surface area contributed by atoms with Crippen LogP contribution < -0.4 is 10.6 Å². The van der Waals surface area contributed by atoms with Gasteiger partial charge in [0.1, 0.15) is 0 Å². The Bertz CT molecular complexity index is 426. The minimum absolute atomic E-state index is 0. The molecule has 0 bridgehead atoms. The highest BCUT2D eigenvalue weighted by Gasteiger charge is 2.04. The zero-order valence-electron chi connectivity index (χ0n) is 14.4. The molecule has 1 rings (SSSR count). The summed E-state index contributed by atoms with van der Waals surface area (Å²) in [6.45, 7) is 8.94. The lowest BCUT2D eigenvalue weighted by atomic mass is 10.1. The molecule has 23 heavy (non-hydrogen) atoms. The molecule has 0 radical (unpaired) electrons. The van der Waals surface area contributed by atoms with Gasteiger partial charge in [-0.3, -0.25) is 9.69 Å². The summed E-state index contributed by atoms with van der Waals surface area (Å²) >= 11 is 0. The van der Waals surface area contributed by atoms with Gasteiger partial charge in [0.05, 0.1) is 0 Å². The lowest BCUT2D eigenvalue weighted by Gasteiger charge is -2.18. The van der Waals surface area contributed by atoms with Crippen molar-refractivity contribution in [3.8, 4) is 0 Å². The number of hydrogen-bond acceptors (Lipinski definition) is 3. The van der Waals surface area contributed by atoms with Crippen LogP contribution in [0.2, 0.25) is 0 Å². The molecule has 1 amide bonds. The third kappa shape index (κ3) is 10.6. The Labute approximate surface area is 153 Å². The van der Waals surface area contributed by atoms with Crippen LogP contribution in [0.5, 0.6) is 0 Å². The Morgan fingerprint density at radius 2 is 1.78 bits per heavy atom. The van der Waals surface area contributed by atoms with Gasteiger partial charge in [0.25, 0.3) is 0 Å². The lowest BCUT2D eigenvalue weighted by molar-refractivity contribution is -0.121. The fourth-order valence-corrected chi connectivity index (χ4v) is 2.26. The molecular weight excluding hydrogens is 333 g/mol. The van der Waals surface area contributed by atoms with Gasteiger partial charge in [0, 0.05) is 19.5 Å². The molecule has 0 atom stereocenters. The highest BCUT2D eigenvalue weighted by atomic mass is 35.5. The SMILES string of the molecule is CCN(CC)Cc1cccc(CNC(=O)CCCNC)c1.Cl.Cl. The van der Waals surface area contributed by atoms with Crippen molar-refractivity contribution >= 4 is 30.7 Å². The number of carbonyl (C=O) groups excluding carboxylic acids is 1. The summed E-state index contributed by atoms with van der Waals surface area (Å²) in [5.74, 6) is 0.124. The van der Waals surface area contributed by atoms with E-state index in [1.165, 1.54) is 11.1 Å². The summed E-state index contributed by atoms with van der Waals surface area (Å²) in [6.07, 6.45) is 1.46. The first-order valence-corrected chi connectivity index (χ1v) is 7.91. The van der Waals surface area contributed by atoms with Crippen LogP contribution in [0.3, 0.4) is 0 Å². The Hall–Kier alpha value is -0.810. The average Bonchev–Trinajstić information content (AvgIpc) is 2.51. The molecule has 0 aliphatic rings. The van der Waals surface area contributed by atoms with Gasteiger partial charge in [-0.15, -0.1) is 24.8 Å². The van der Waals surface area contributed by atoms with E-state index < -0.39 is 0 Å². The summed E-state index contributed by atoms with van der Waals surface area (Å²) < 4.78 is 0. The van der Waals surface area contributed by atoms with E-state index >= 15 is 0 Å². The summed E-state index contributed by atoms with van der Waals surface area (Å²) in [4.78, 5) is 14.1. The molecule has 0 heterocycles. The first kappa shape index (κ1) is 24.4. The second-order valence-corrected chi connectivity index (χ2v) is 5.27. The maximum atomic E-state index is 11.7. The van der Waals surface area contributed by atoms with Crippen molar-refractivity contribution in [3.63, 3.8) is 0 Å². The summed E-state index contributed by atoms with van der Waals surface area (Å²) in [7, 11) is 1.90. The number of carbonyl (C=O) groups is 1. The average molecular weight is 364 g/mol. The zero-order valence-corrected chi connectivity index (χ0v) is 16.1. The van der Waals surface area contributed by atoms with Crippen LogP contribution >= 0.6 is 24.8 Å². The van der Waals surface area contributed by atoms with Gasteiger partial charge in [-0.05, 0) is 44.2 Å². The molecule has 134 valence electrons. The highest BCUT2D eigenvalue weighted by molar-refractivity contribution is 5.85. The first-order chi connectivity index (χ1) is 10.2. The van der Waals surface area contributed by atoms with Crippen LogP contribution in [0.15, 0.2) is 24.3 Å². The van der Waals surface area contributed by atoms with Crippen LogP contribution in [0.25, 0.3) is 0 Å². The molecule has 1 aromatic rings. The van der Waals surface area contributed by atoms with Crippen LogP contribution in [-0.2, 0) is 17.9 Å². The molecule has 0 unspecified atom stereocenters. The van der Waals surface area contributed by atoms with Crippen molar-refractivity contribution in [2.24, 2.45) is 0 Å². The predicted molar refractivity (Wildman–Crippen MR) is 103 cm³/mol. The number of nitrogens with zero attached hydrogens (tertiary/aromatic N) is 1. The Balaban J connectivity index is 0. The van der Waals surface area contributed by atoms with Gasteiger partial charge in [-0.2, -0.15) is 0 Å². The number of halogens is 2. The maximum Gasteiger partial charge on any atom is 0.220 e. The second-order valence-electron chi connectivity index (χ2n) is 5.27. The quantitative estimate of drug-likeness (QED) is 0.628. The predicted octanol–water partition coefficient (Wildman–Crippen LogP) is 2.99. The van der Waals surface area contributed by atoms with Gasteiger partial charge < -0.3 is 10.6 Å². The second kappa shape index (κ2) is 14.8. The fourth-order valence-electron chi connectivity index (χ4n) is 2.26. The molecule has 0 spiro atoms. The minimum atomic E-state index is 0. The Morgan fingerprint density at radius 1 is 1.13 bits per heavy atom. The van der Waals surface area contributed by atoms with Crippen molar-refractivity contribution in [1.29, 1.82) is 0 Å². The van der Waals surface area contributed by atoms with Crippen LogP contribution in [0, 0.1) is 0 Å². The van der Waals surface area contributed by atoms with Gasteiger partial charge >= 0.3 is 0 Å². The monoisotopic (exact) mass is 363 g/mol. The largest absolute Gasteiger partial charge is 0.352 e. The minimum Gasteiger partial charge on any atom is -0.352 e. The summed E-state index contributed by atoms with van der Waals surface area (Å²) in [5, 5.41) is 6.03. The van der Waals surface area contributed by atoms with E-state index in [4.69, 9.17) is 0 Å². The number of benzene rings is 1. The molecule has 4 nitrogen and oxygen atoms in total. The molecule has 1 aromatic carbocycles. The molecule has 0 fully saturated rings. The number of hydrogen-bond donors (Lipinski definition) is 2. The molecule has 0 saturated carbocycles. The summed E-state index contributed by atoms with van der Waals surface area (Å²) in [6, 6.07) is 8.48. The Kier molecular flexibility index (Phi) is 15.7. The lowest BCUT2D eigenvalue weighted by Crippen LogP contribution is -2.24. The van der Waals surface area contributed by atoms with Crippen molar-refractivity contribution < 1.29 is 4.79 Å². The molecule has 2 N–H and O–H groups in total. The number of nitrogens with one attached hydrogen (secondary N) is 2. The fraction of sp³-hybridized carbons (Fsp3) is 0.588. The van der Waals surface area contributed by atoms with Gasteiger partial charge in [-0.25, -0.2) is 0 Å². The third-order valence-corrected chi connectivity index (χ3v) is 3.61. The molecule has 0 aliphatic heterocycles. The van der Waals surface area contributed by atoms with Crippen molar-refractivity contribution in [2.75, 3.05) is 26.7 Å². The van der Waals surface area contributed by atoms with Gasteiger partial charge in [0.2, 0.25) is 5.91 Å². The standard InChI is InChI=1S/C17H29N3O.2ClH/c1-4-20(5-2)14-16-9-6-8-15(12-16)13-19-17(21)10-7-11-18-3;;/h6,8-9,12,18H,4-5,7,10-11,13-14H2,1-3H3,(H,19,21);2*1H. The van der Waals surface area contributed by atoms with E-state index in [-0.39, 0.29) is 30.7 Å². The Morgan fingerprint density at radius 3 is 2.39 bits per heavy atom. The summed E-state index contributed by atoms with van der Waals surface area (Å²) in [5.41, 5.74) is 2.47. The highest BCUT2D eigenvalue weighted by Crippen LogP contribution is 2.08. The molecule has 6 heteroatoms. The topological polar surface area (TPSA) is 44.4 Å². The van der Waals surface area contributed by atoms with Crippen LogP contribution in [-0.4, -0.2) is 37.5 Å². The van der Waals surface area contributed by atoms with E-state index in [0.717, 1.165) is 32.6 Å². The van der Waals surface area contributed by atoms with E-state index in [1.54, 1.807) is 0 Å². The van der Waals surface area contributed by atoms with E-state index in [1.807, 2.05) is 7.05 Å². The van der Waals surface area contributed by atoms with Crippen molar-refractivity contribution in [1.82, 2.24) is 15.5 Å². The smallest absolute Gasteiger partial charge is 0.220 e. The normalized spacial score (nSPS) is 9.91. The van der Waals surface area contributed by atoms with E-state index in [0.29, 0.717) is 13.0 Å².